The van der Waals surface area contributed by atoms with Gasteiger partial charge in [-0.15, -0.1) is 6.58 Å². The summed E-state index contributed by atoms with van der Waals surface area (Å²) in [6.45, 7) is 5.68. The van der Waals surface area contributed by atoms with Gasteiger partial charge in [0.1, 0.15) is 0 Å². The Balaban J connectivity index is 1.84. The van der Waals surface area contributed by atoms with Gasteiger partial charge in [-0.3, -0.25) is 4.79 Å². The van der Waals surface area contributed by atoms with Crippen LogP contribution >= 0.6 is 0 Å². The molecule has 1 aliphatic rings. The zero-order valence-electron chi connectivity index (χ0n) is 13.4. The van der Waals surface area contributed by atoms with Crippen molar-refractivity contribution in [1.82, 2.24) is 4.90 Å². The number of benzene rings is 1. The van der Waals surface area contributed by atoms with E-state index in [4.69, 9.17) is 9.47 Å². The summed E-state index contributed by atoms with van der Waals surface area (Å²) in [5.74, 6) is -0.698. The molecule has 5 heteroatoms. The summed E-state index contributed by atoms with van der Waals surface area (Å²) >= 11 is 0. The Morgan fingerprint density at radius 1 is 1.35 bits per heavy atom. The van der Waals surface area contributed by atoms with E-state index in [0.29, 0.717) is 6.54 Å². The van der Waals surface area contributed by atoms with Gasteiger partial charge < -0.3 is 14.4 Å². The monoisotopic (exact) mass is 317 g/mol. The molecule has 1 amide bonds. The lowest BCUT2D eigenvalue weighted by Gasteiger charge is -2.22. The molecule has 1 aromatic carbocycles. The van der Waals surface area contributed by atoms with E-state index in [1.54, 1.807) is 17.9 Å². The predicted octanol–water partition coefficient (Wildman–Crippen LogP) is 2.31. The number of hydrogen-bond donors (Lipinski definition) is 0. The molecule has 2 rings (SSSR count). The summed E-state index contributed by atoms with van der Waals surface area (Å²) in [4.78, 5) is 25.9. The first kappa shape index (κ1) is 17.2. The topological polar surface area (TPSA) is 55.8 Å². The lowest BCUT2D eigenvalue weighted by atomic mass is 10.2. The molecular formula is C18H23NO4. The molecule has 1 atom stereocenters. The molecule has 0 aliphatic heterocycles. The molecule has 0 bridgehead atoms. The van der Waals surface area contributed by atoms with Crippen LogP contribution in [0.15, 0.2) is 43.0 Å². The van der Waals surface area contributed by atoms with Gasteiger partial charge >= 0.3 is 5.97 Å². The number of esters is 1. The van der Waals surface area contributed by atoms with E-state index in [-0.39, 0.29) is 25.2 Å². The number of amides is 1. The second kappa shape index (κ2) is 8.48. The highest BCUT2D eigenvalue weighted by Crippen LogP contribution is 2.28. The van der Waals surface area contributed by atoms with E-state index >= 15 is 0 Å². The maximum absolute atomic E-state index is 12.4. The summed E-state index contributed by atoms with van der Waals surface area (Å²) < 4.78 is 10.3. The van der Waals surface area contributed by atoms with Crippen LogP contribution in [0.3, 0.4) is 0 Å². The maximum Gasteiger partial charge on any atom is 0.335 e. The highest BCUT2D eigenvalue weighted by Gasteiger charge is 2.33. The van der Waals surface area contributed by atoms with Crippen LogP contribution in [0.4, 0.5) is 0 Å². The summed E-state index contributed by atoms with van der Waals surface area (Å²) in [6, 6.07) is 10.1. The van der Waals surface area contributed by atoms with Crippen molar-refractivity contribution in [3.05, 3.63) is 48.6 Å². The van der Waals surface area contributed by atoms with Crippen molar-refractivity contribution < 1.29 is 19.1 Å². The maximum atomic E-state index is 12.4. The molecular weight excluding hydrogens is 294 g/mol. The first-order valence-electron chi connectivity index (χ1n) is 7.84. The molecule has 1 saturated carbocycles. The Morgan fingerprint density at radius 3 is 2.65 bits per heavy atom. The van der Waals surface area contributed by atoms with E-state index in [1.165, 1.54) is 0 Å². The van der Waals surface area contributed by atoms with Crippen LogP contribution in [-0.4, -0.2) is 42.1 Å². The molecule has 1 fully saturated rings. The fourth-order valence-corrected chi connectivity index (χ4v) is 2.20. The van der Waals surface area contributed by atoms with Crippen LogP contribution in [0, 0.1) is 0 Å². The molecule has 1 aromatic rings. The van der Waals surface area contributed by atoms with Crippen molar-refractivity contribution in [1.29, 1.82) is 0 Å². The minimum atomic E-state index is -0.704. The second-order valence-electron chi connectivity index (χ2n) is 5.61. The lowest BCUT2D eigenvalue weighted by Crippen LogP contribution is -2.37. The van der Waals surface area contributed by atoms with Crippen molar-refractivity contribution in [2.24, 2.45) is 0 Å². The zero-order chi connectivity index (χ0) is 16.7. The zero-order valence-corrected chi connectivity index (χ0v) is 13.4. The van der Waals surface area contributed by atoms with Crippen LogP contribution in [0.5, 0.6) is 0 Å². The Kier molecular flexibility index (Phi) is 6.35. The van der Waals surface area contributed by atoms with E-state index in [0.717, 1.165) is 18.4 Å². The summed E-state index contributed by atoms with van der Waals surface area (Å²) in [6.07, 6.45) is 2.87. The highest BCUT2D eigenvalue weighted by atomic mass is 16.6. The van der Waals surface area contributed by atoms with Crippen LogP contribution < -0.4 is 0 Å². The van der Waals surface area contributed by atoms with Crippen molar-refractivity contribution in [3.63, 3.8) is 0 Å². The standard InChI is InChI=1S/C18H23NO4/c1-3-11-22-14(2)18(21)23-13-17(20)19(16-9-10-16)12-15-7-5-4-6-8-15/h3-8,14,16H,1,9-13H2,2H3. The van der Waals surface area contributed by atoms with Crippen molar-refractivity contribution >= 4 is 11.9 Å². The first-order chi connectivity index (χ1) is 11.1. The molecule has 0 aromatic heterocycles. The van der Waals surface area contributed by atoms with Gasteiger partial charge in [-0.25, -0.2) is 4.79 Å². The minimum absolute atomic E-state index is 0.166. The molecule has 0 saturated heterocycles. The normalized spacial score (nSPS) is 14.8. The third-order valence-corrected chi connectivity index (χ3v) is 3.64. The Bertz CT molecular complexity index is 539. The highest BCUT2D eigenvalue weighted by molar-refractivity contribution is 5.82. The Labute approximate surface area is 136 Å². The number of hydrogen-bond acceptors (Lipinski definition) is 4. The molecule has 0 heterocycles. The Morgan fingerprint density at radius 2 is 2.04 bits per heavy atom. The SMILES string of the molecule is C=CCOC(C)C(=O)OCC(=O)N(Cc1ccccc1)C1CC1. The largest absolute Gasteiger partial charge is 0.454 e. The number of rotatable bonds is 9. The van der Waals surface area contributed by atoms with E-state index in [1.807, 2.05) is 30.3 Å². The number of ether oxygens (including phenoxy) is 2. The van der Waals surface area contributed by atoms with Gasteiger partial charge in [0.15, 0.2) is 12.7 Å². The molecule has 0 radical (unpaired) electrons. The Hall–Kier alpha value is -2.14. The van der Waals surface area contributed by atoms with Crippen LogP contribution in [0.25, 0.3) is 0 Å². The van der Waals surface area contributed by atoms with Gasteiger partial charge in [-0.1, -0.05) is 36.4 Å². The van der Waals surface area contributed by atoms with Gasteiger partial charge in [-0.05, 0) is 25.3 Å². The van der Waals surface area contributed by atoms with Crippen molar-refractivity contribution in [2.75, 3.05) is 13.2 Å². The average Bonchev–Trinajstić information content (AvgIpc) is 3.40. The summed E-state index contributed by atoms with van der Waals surface area (Å²) in [7, 11) is 0. The van der Waals surface area contributed by atoms with Crippen LogP contribution in [-0.2, 0) is 25.6 Å². The number of carbonyl (C=O) groups is 2. The average molecular weight is 317 g/mol. The molecule has 0 N–H and O–H groups in total. The molecule has 5 nitrogen and oxygen atoms in total. The van der Waals surface area contributed by atoms with E-state index in [9.17, 15) is 9.59 Å². The minimum Gasteiger partial charge on any atom is -0.454 e. The lowest BCUT2D eigenvalue weighted by molar-refractivity contribution is -0.161. The fraction of sp³-hybridized carbons (Fsp3) is 0.444. The second-order valence-corrected chi connectivity index (χ2v) is 5.61. The first-order valence-corrected chi connectivity index (χ1v) is 7.84. The van der Waals surface area contributed by atoms with Crippen LogP contribution in [0.2, 0.25) is 0 Å². The quantitative estimate of drug-likeness (QED) is 0.518. The van der Waals surface area contributed by atoms with E-state index in [2.05, 4.69) is 6.58 Å². The van der Waals surface area contributed by atoms with Gasteiger partial charge in [0, 0.05) is 12.6 Å². The number of carbonyl (C=O) groups excluding carboxylic acids is 2. The predicted molar refractivity (Wildman–Crippen MR) is 86.6 cm³/mol. The smallest absolute Gasteiger partial charge is 0.335 e. The van der Waals surface area contributed by atoms with Crippen molar-refractivity contribution in [2.45, 2.75) is 38.5 Å². The molecule has 124 valence electrons. The fourth-order valence-electron chi connectivity index (χ4n) is 2.20. The number of nitrogens with zero attached hydrogens (tertiary/aromatic N) is 1. The molecule has 0 spiro atoms. The van der Waals surface area contributed by atoms with E-state index < -0.39 is 12.1 Å². The molecule has 1 aliphatic carbocycles. The van der Waals surface area contributed by atoms with Crippen LogP contribution in [0.1, 0.15) is 25.3 Å². The molecule has 23 heavy (non-hydrogen) atoms. The summed E-state index contributed by atoms with van der Waals surface area (Å²) in [5, 5.41) is 0. The van der Waals surface area contributed by atoms with Crippen molar-refractivity contribution in [3.8, 4) is 0 Å². The van der Waals surface area contributed by atoms with Gasteiger partial charge in [0.25, 0.3) is 5.91 Å². The summed E-state index contributed by atoms with van der Waals surface area (Å²) in [5.41, 5.74) is 1.07. The molecule has 1 unspecified atom stereocenters. The van der Waals surface area contributed by atoms with Gasteiger partial charge in [0.05, 0.1) is 6.61 Å². The van der Waals surface area contributed by atoms with Gasteiger partial charge in [-0.2, -0.15) is 0 Å². The van der Waals surface area contributed by atoms with Gasteiger partial charge in [0.2, 0.25) is 0 Å². The third-order valence-electron chi connectivity index (χ3n) is 3.64. The third kappa shape index (κ3) is 5.53.